The third-order valence-electron chi connectivity index (χ3n) is 2.58. The van der Waals surface area contributed by atoms with Gasteiger partial charge in [0.25, 0.3) is 0 Å². The summed E-state index contributed by atoms with van der Waals surface area (Å²) in [4.78, 5) is 8.49. The van der Waals surface area contributed by atoms with E-state index in [4.69, 9.17) is 16.3 Å². The van der Waals surface area contributed by atoms with Crippen molar-refractivity contribution in [2.45, 2.75) is 33.2 Å². The number of ether oxygens (including phenoxy) is 1. The Morgan fingerprint density at radius 2 is 2.12 bits per heavy atom. The summed E-state index contributed by atoms with van der Waals surface area (Å²) >= 11 is 5.80. The first-order valence-corrected chi connectivity index (χ1v) is 6.32. The van der Waals surface area contributed by atoms with Crippen molar-refractivity contribution in [2.75, 3.05) is 18.3 Å². The molecule has 4 nitrogen and oxygen atoms in total. The predicted octanol–water partition coefficient (Wildman–Crippen LogP) is 2.86. The van der Waals surface area contributed by atoms with Gasteiger partial charge in [0, 0.05) is 18.0 Å². The summed E-state index contributed by atoms with van der Waals surface area (Å²) in [6.45, 7) is 6.17. The minimum atomic E-state index is 0.312. The second kappa shape index (κ2) is 6.64. The standard InChI is InChI=1S/C12H20ClN3O/c1-8(2)10(5-6-13)16-11-7-12(17-4)15-9(3)14-11/h7-8,10H,5-6H2,1-4H3,(H,14,15,16). The molecule has 1 aromatic heterocycles. The van der Waals surface area contributed by atoms with Crippen molar-refractivity contribution in [3.63, 3.8) is 0 Å². The van der Waals surface area contributed by atoms with Crippen LogP contribution in [0.5, 0.6) is 5.88 Å². The van der Waals surface area contributed by atoms with Gasteiger partial charge in [0.2, 0.25) is 5.88 Å². The lowest BCUT2D eigenvalue weighted by Gasteiger charge is -2.22. The van der Waals surface area contributed by atoms with Crippen LogP contribution in [-0.4, -0.2) is 29.0 Å². The van der Waals surface area contributed by atoms with Gasteiger partial charge in [-0.05, 0) is 19.3 Å². The molecule has 0 saturated heterocycles. The molecule has 0 aliphatic heterocycles. The van der Waals surface area contributed by atoms with E-state index in [2.05, 4.69) is 29.1 Å². The lowest BCUT2D eigenvalue weighted by Crippen LogP contribution is -2.26. The number of methoxy groups -OCH3 is 1. The third kappa shape index (κ3) is 4.38. The molecule has 0 bridgehead atoms. The zero-order chi connectivity index (χ0) is 12.8. The lowest BCUT2D eigenvalue weighted by molar-refractivity contribution is 0.395. The number of aromatic nitrogens is 2. The number of aryl methyl sites for hydroxylation is 1. The molecule has 5 heteroatoms. The van der Waals surface area contributed by atoms with Gasteiger partial charge in [-0.2, -0.15) is 4.98 Å². The van der Waals surface area contributed by atoms with Crippen molar-refractivity contribution in [3.05, 3.63) is 11.9 Å². The van der Waals surface area contributed by atoms with Crippen LogP contribution in [0.2, 0.25) is 0 Å². The average Bonchev–Trinajstić information content (AvgIpc) is 2.27. The summed E-state index contributed by atoms with van der Waals surface area (Å²) in [5, 5.41) is 3.38. The molecular formula is C12H20ClN3O. The molecule has 0 aliphatic carbocycles. The van der Waals surface area contributed by atoms with E-state index in [-0.39, 0.29) is 0 Å². The normalized spacial score (nSPS) is 12.6. The number of alkyl halides is 1. The molecule has 96 valence electrons. The summed E-state index contributed by atoms with van der Waals surface area (Å²) in [5.41, 5.74) is 0. The maximum Gasteiger partial charge on any atom is 0.218 e. The molecule has 1 N–H and O–H groups in total. The predicted molar refractivity (Wildman–Crippen MR) is 70.9 cm³/mol. The fraction of sp³-hybridized carbons (Fsp3) is 0.667. The molecule has 0 aliphatic rings. The first-order chi connectivity index (χ1) is 8.06. The summed E-state index contributed by atoms with van der Waals surface area (Å²) in [6, 6.07) is 2.11. The highest BCUT2D eigenvalue weighted by Crippen LogP contribution is 2.17. The largest absolute Gasteiger partial charge is 0.481 e. The molecule has 0 fully saturated rings. The van der Waals surface area contributed by atoms with E-state index < -0.39 is 0 Å². The molecule has 1 atom stereocenters. The molecule has 1 unspecified atom stereocenters. The zero-order valence-corrected chi connectivity index (χ0v) is 11.6. The number of rotatable bonds is 6. The Bertz CT molecular complexity index is 358. The van der Waals surface area contributed by atoms with Crippen molar-refractivity contribution in [1.82, 2.24) is 9.97 Å². The van der Waals surface area contributed by atoms with Crippen LogP contribution >= 0.6 is 11.6 Å². The number of halogens is 1. The molecule has 1 aromatic rings. The molecule has 0 saturated carbocycles. The van der Waals surface area contributed by atoms with Gasteiger partial charge in [0.15, 0.2) is 0 Å². The summed E-state index contributed by atoms with van der Waals surface area (Å²) in [6.07, 6.45) is 0.907. The Labute approximate surface area is 108 Å². The Balaban J connectivity index is 2.81. The van der Waals surface area contributed by atoms with E-state index in [0.717, 1.165) is 12.2 Å². The van der Waals surface area contributed by atoms with Gasteiger partial charge in [-0.15, -0.1) is 11.6 Å². The number of anilines is 1. The van der Waals surface area contributed by atoms with E-state index in [9.17, 15) is 0 Å². The van der Waals surface area contributed by atoms with Gasteiger partial charge in [-0.3, -0.25) is 0 Å². The number of nitrogens with one attached hydrogen (secondary N) is 1. The SMILES string of the molecule is COc1cc(NC(CCCl)C(C)C)nc(C)n1. The van der Waals surface area contributed by atoms with Gasteiger partial charge in [0.05, 0.1) is 7.11 Å². The number of nitrogens with zero attached hydrogens (tertiary/aromatic N) is 2. The second-order valence-electron chi connectivity index (χ2n) is 4.32. The van der Waals surface area contributed by atoms with Crippen molar-refractivity contribution in [2.24, 2.45) is 5.92 Å². The lowest BCUT2D eigenvalue weighted by atomic mass is 10.0. The first-order valence-electron chi connectivity index (χ1n) is 5.79. The van der Waals surface area contributed by atoms with E-state index in [1.807, 2.05) is 6.92 Å². The molecule has 0 aromatic carbocycles. The van der Waals surface area contributed by atoms with Crippen LogP contribution in [0.4, 0.5) is 5.82 Å². The highest BCUT2D eigenvalue weighted by molar-refractivity contribution is 6.17. The van der Waals surface area contributed by atoms with Gasteiger partial charge in [0.1, 0.15) is 11.6 Å². The Kier molecular flexibility index (Phi) is 5.48. The molecule has 17 heavy (non-hydrogen) atoms. The Morgan fingerprint density at radius 3 is 2.65 bits per heavy atom. The maximum atomic E-state index is 5.80. The van der Waals surface area contributed by atoms with E-state index in [1.165, 1.54) is 0 Å². The highest BCUT2D eigenvalue weighted by Gasteiger charge is 2.13. The van der Waals surface area contributed by atoms with Crippen molar-refractivity contribution < 1.29 is 4.74 Å². The van der Waals surface area contributed by atoms with Gasteiger partial charge >= 0.3 is 0 Å². The number of hydrogen-bond acceptors (Lipinski definition) is 4. The average molecular weight is 258 g/mol. The van der Waals surface area contributed by atoms with Crippen molar-refractivity contribution >= 4 is 17.4 Å². The summed E-state index contributed by atoms with van der Waals surface area (Å²) in [5.74, 6) is 3.19. The second-order valence-corrected chi connectivity index (χ2v) is 4.69. The smallest absolute Gasteiger partial charge is 0.218 e. The van der Waals surface area contributed by atoms with Crippen LogP contribution in [0.15, 0.2) is 6.07 Å². The minimum absolute atomic E-state index is 0.312. The van der Waals surface area contributed by atoms with Crippen LogP contribution < -0.4 is 10.1 Å². The minimum Gasteiger partial charge on any atom is -0.481 e. The van der Waals surface area contributed by atoms with Gasteiger partial charge in [-0.1, -0.05) is 13.8 Å². The molecule has 0 spiro atoms. The van der Waals surface area contributed by atoms with Crippen LogP contribution in [0, 0.1) is 12.8 Å². The number of hydrogen-bond donors (Lipinski definition) is 1. The zero-order valence-electron chi connectivity index (χ0n) is 10.8. The van der Waals surface area contributed by atoms with E-state index in [0.29, 0.717) is 29.5 Å². The fourth-order valence-electron chi connectivity index (χ4n) is 1.60. The van der Waals surface area contributed by atoms with E-state index >= 15 is 0 Å². The molecule has 1 rings (SSSR count). The van der Waals surface area contributed by atoms with Crippen LogP contribution in [-0.2, 0) is 0 Å². The first kappa shape index (κ1) is 14.0. The quantitative estimate of drug-likeness (QED) is 0.796. The van der Waals surface area contributed by atoms with Crippen molar-refractivity contribution in [3.8, 4) is 5.88 Å². The van der Waals surface area contributed by atoms with Crippen LogP contribution in [0.3, 0.4) is 0 Å². The molecule has 0 radical (unpaired) electrons. The third-order valence-corrected chi connectivity index (χ3v) is 2.80. The summed E-state index contributed by atoms with van der Waals surface area (Å²) in [7, 11) is 1.60. The fourth-order valence-corrected chi connectivity index (χ4v) is 1.83. The Hall–Kier alpha value is -1.03. The van der Waals surface area contributed by atoms with Gasteiger partial charge < -0.3 is 10.1 Å². The topological polar surface area (TPSA) is 47.0 Å². The van der Waals surface area contributed by atoms with Crippen LogP contribution in [0.25, 0.3) is 0 Å². The summed E-state index contributed by atoms with van der Waals surface area (Å²) < 4.78 is 5.12. The van der Waals surface area contributed by atoms with Crippen molar-refractivity contribution in [1.29, 1.82) is 0 Å². The van der Waals surface area contributed by atoms with E-state index in [1.54, 1.807) is 13.2 Å². The van der Waals surface area contributed by atoms with Gasteiger partial charge in [-0.25, -0.2) is 4.98 Å². The Morgan fingerprint density at radius 1 is 1.41 bits per heavy atom. The molecular weight excluding hydrogens is 238 g/mol. The maximum absolute atomic E-state index is 5.80. The monoisotopic (exact) mass is 257 g/mol. The van der Waals surface area contributed by atoms with Crippen LogP contribution in [0.1, 0.15) is 26.1 Å². The molecule has 1 heterocycles. The molecule has 0 amide bonds. The highest BCUT2D eigenvalue weighted by atomic mass is 35.5.